The first-order valence-electron chi connectivity index (χ1n) is 5.84. The van der Waals surface area contributed by atoms with Crippen LogP contribution in [0, 0.1) is 5.92 Å². The molecule has 3 saturated heterocycles. The van der Waals surface area contributed by atoms with Crippen molar-refractivity contribution in [1.82, 2.24) is 9.96 Å². The van der Waals surface area contributed by atoms with E-state index in [1.807, 2.05) is 12.0 Å². The molecular weight excluding hydrogens is 335 g/mol. The maximum absolute atomic E-state index is 12.1. The van der Waals surface area contributed by atoms with Crippen molar-refractivity contribution in [3.8, 4) is 0 Å². The summed E-state index contributed by atoms with van der Waals surface area (Å²) >= 11 is 2.33. The molecule has 0 N–H and O–H groups in total. The minimum atomic E-state index is -0.580. The summed E-state index contributed by atoms with van der Waals surface area (Å²) in [6, 6.07) is 0.331. The van der Waals surface area contributed by atoms with Crippen molar-refractivity contribution in [2.45, 2.75) is 37.5 Å². The minimum absolute atomic E-state index is 0.0842. The molecule has 3 heterocycles. The Hall–Kier alpha value is -0.210. The summed E-state index contributed by atoms with van der Waals surface area (Å²) in [6.45, 7) is 2.05. The van der Waals surface area contributed by atoms with Crippen LogP contribution in [-0.4, -0.2) is 50.9 Å². The van der Waals surface area contributed by atoms with Gasteiger partial charge in [0.1, 0.15) is 0 Å². The molecule has 3 fully saturated rings. The van der Waals surface area contributed by atoms with E-state index in [9.17, 15) is 9.59 Å². The minimum Gasteiger partial charge on any atom is -0.284 e. The van der Waals surface area contributed by atoms with Crippen molar-refractivity contribution < 1.29 is 14.4 Å². The lowest BCUT2D eigenvalue weighted by atomic mass is 9.82. The summed E-state index contributed by atoms with van der Waals surface area (Å²) in [6.07, 6.45) is 1.38. The van der Waals surface area contributed by atoms with Crippen LogP contribution >= 0.6 is 22.6 Å². The first-order valence-corrected chi connectivity index (χ1v) is 7.37. The van der Waals surface area contributed by atoms with E-state index < -0.39 is 6.10 Å². The highest BCUT2D eigenvalue weighted by molar-refractivity contribution is 14.1. The van der Waals surface area contributed by atoms with E-state index in [2.05, 4.69) is 22.6 Å². The maximum Gasteiger partial charge on any atom is 0.261 e. The molecule has 94 valence electrons. The Balaban J connectivity index is 1.98. The number of rotatable bonds is 1. The zero-order chi connectivity index (χ0) is 12.4. The second kappa shape index (κ2) is 3.64. The number of hydroxylamine groups is 2. The maximum atomic E-state index is 12.1. The number of amides is 2. The van der Waals surface area contributed by atoms with E-state index in [0.717, 1.165) is 17.3 Å². The number of imide groups is 1. The van der Waals surface area contributed by atoms with E-state index in [4.69, 9.17) is 4.84 Å². The number of alkyl halides is 1. The number of hydrogen-bond acceptors (Lipinski definition) is 4. The molecule has 0 spiro atoms. The van der Waals surface area contributed by atoms with Crippen LogP contribution in [0.4, 0.5) is 0 Å². The number of hydrogen-bond donors (Lipinski definition) is 0. The van der Waals surface area contributed by atoms with Gasteiger partial charge in [0.2, 0.25) is 5.91 Å². The summed E-state index contributed by atoms with van der Waals surface area (Å²) in [7, 11) is 1.55. The topological polar surface area (TPSA) is 49.9 Å². The average molecular weight is 350 g/mol. The Kier molecular flexibility index (Phi) is 2.54. The molecule has 0 saturated carbocycles. The molecule has 0 aromatic rings. The van der Waals surface area contributed by atoms with Gasteiger partial charge in [-0.2, -0.15) is 5.06 Å². The van der Waals surface area contributed by atoms with Gasteiger partial charge in [-0.3, -0.25) is 19.3 Å². The summed E-state index contributed by atoms with van der Waals surface area (Å²) in [5.41, 5.74) is -0.294. The van der Waals surface area contributed by atoms with Crippen molar-refractivity contribution in [3.63, 3.8) is 0 Å². The molecular formula is C11H15IN2O3. The van der Waals surface area contributed by atoms with Crippen molar-refractivity contribution in [1.29, 1.82) is 0 Å². The van der Waals surface area contributed by atoms with Gasteiger partial charge in [-0.05, 0) is 19.8 Å². The van der Waals surface area contributed by atoms with E-state index in [1.54, 1.807) is 7.05 Å². The quantitative estimate of drug-likeness (QED) is 0.394. The van der Waals surface area contributed by atoms with Crippen molar-refractivity contribution in [2.24, 2.45) is 5.92 Å². The third-order valence-electron chi connectivity index (χ3n) is 4.37. The molecule has 0 aromatic heterocycles. The van der Waals surface area contributed by atoms with Crippen LogP contribution in [0.15, 0.2) is 0 Å². The number of nitrogens with zero attached hydrogens (tertiary/aromatic N) is 2. The Morgan fingerprint density at radius 3 is 2.82 bits per heavy atom. The molecule has 0 aromatic carbocycles. The second-order valence-electron chi connectivity index (χ2n) is 5.27. The molecule has 6 heteroatoms. The standard InChI is InChI=1S/C11H15IN2O3/c1-11-4-3-6(5-12)14(11)17-8-7(11)9(15)13(2)10(8)16/h6-8H,3-5H2,1-2H3/t6-,7-,8+,11-/m1/s1. The molecule has 0 bridgehead atoms. The molecule has 3 rings (SSSR count). The summed E-state index contributed by atoms with van der Waals surface area (Å²) in [5.74, 6) is -0.588. The number of likely N-dealkylation sites (N-methyl/N-ethyl adjacent to an activating group) is 1. The van der Waals surface area contributed by atoms with Crippen LogP contribution in [0.1, 0.15) is 19.8 Å². The Morgan fingerprint density at radius 1 is 1.47 bits per heavy atom. The van der Waals surface area contributed by atoms with Crippen LogP contribution in [-0.2, 0) is 14.4 Å². The van der Waals surface area contributed by atoms with Crippen LogP contribution in [0.5, 0.6) is 0 Å². The molecule has 4 atom stereocenters. The van der Waals surface area contributed by atoms with E-state index in [0.29, 0.717) is 6.04 Å². The fourth-order valence-electron chi connectivity index (χ4n) is 3.34. The number of carbonyl (C=O) groups excluding carboxylic acids is 2. The zero-order valence-corrected chi connectivity index (χ0v) is 12.0. The lowest BCUT2D eigenvalue weighted by Gasteiger charge is -2.31. The largest absolute Gasteiger partial charge is 0.284 e. The monoisotopic (exact) mass is 350 g/mol. The van der Waals surface area contributed by atoms with Gasteiger partial charge in [0.15, 0.2) is 6.10 Å². The normalized spacial score (nSPS) is 45.6. The van der Waals surface area contributed by atoms with E-state index in [1.165, 1.54) is 4.90 Å². The lowest BCUT2D eigenvalue weighted by molar-refractivity contribution is -0.194. The predicted molar refractivity (Wildman–Crippen MR) is 68.3 cm³/mol. The SMILES string of the molecule is CN1C(=O)[C@H]2ON3[C@@H](CI)CC[C@]3(C)[C@H]2C1=O. The smallest absolute Gasteiger partial charge is 0.261 e. The van der Waals surface area contributed by atoms with Crippen molar-refractivity contribution in [2.75, 3.05) is 11.5 Å². The summed E-state index contributed by atoms with van der Waals surface area (Å²) < 4.78 is 0.963. The highest BCUT2D eigenvalue weighted by Crippen LogP contribution is 2.50. The Bertz CT molecular complexity index is 402. The first-order chi connectivity index (χ1) is 8.00. The average Bonchev–Trinajstić information content (AvgIpc) is 2.84. The number of fused-ring (bicyclic) bond motifs is 3. The van der Waals surface area contributed by atoms with Crippen LogP contribution in [0.2, 0.25) is 0 Å². The Labute approximate surface area is 114 Å². The molecule has 0 aliphatic carbocycles. The predicted octanol–water partition coefficient (Wildman–Crippen LogP) is 0.573. The van der Waals surface area contributed by atoms with E-state index in [-0.39, 0.29) is 23.3 Å². The van der Waals surface area contributed by atoms with Crippen LogP contribution in [0.3, 0.4) is 0 Å². The molecule has 0 unspecified atom stereocenters. The summed E-state index contributed by atoms with van der Waals surface area (Å²) in [4.78, 5) is 31.1. The molecule has 3 aliphatic heterocycles. The van der Waals surface area contributed by atoms with Crippen molar-refractivity contribution in [3.05, 3.63) is 0 Å². The van der Waals surface area contributed by atoms with Gasteiger partial charge in [0, 0.05) is 17.5 Å². The van der Waals surface area contributed by atoms with Gasteiger partial charge in [0.05, 0.1) is 11.5 Å². The zero-order valence-electron chi connectivity index (χ0n) is 9.85. The second-order valence-corrected chi connectivity index (χ2v) is 6.15. The highest BCUT2D eigenvalue weighted by atomic mass is 127. The summed E-state index contributed by atoms with van der Waals surface area (Å²) in [5, 5.41) is 1.93. The number of halogens is 1. The molecule has 17 heavy (non-hydrogen) atoms. The number of carbonyl (C=O) groups is 2. The van der Waals surface area contributed by atoms with Gasteiger partial charge in [-0.25, -0.2) is 0 Å². The third kappa shape index (κ3) is 1.31. The van der Waals surface area contributed by atoms with Gasteiger partial charge in [-0.15, -0.1) is 0 Å². The lowest BCUT2D eigenvalue weighted by Crippen LogP contribution is -2.47. The van der Waals surface area contributed by atoms with Crippen LogP contribution < -0.4 is 0 Å². The number of likely N-dealkylation sites (tertiary alicyclic amines) is 1. The van der Waals surface area contributed by atoms with Gasteiger partial charge >= 0.3 is 0 Å². The molecule has 2 amide bonds. The Morgan fingerprint density at radius 2 is 2.18 bits per heavy atom. The third-order valence-corrected chi connectivity index (χ3v) is 5.38. The first kappa shape index (κ1) is 11.9. The van der Waals surface area contributed by atoms with E-state index >= 15 is 0 Å². The fourth-order valence-corrected chi connectivity index (χ4v) is 4.14. The molecule has 0 radical (unpaired) electrons. The van der Waals surface area contributed by atoms with Gasteiger partial charge in [-0.1, -0.05) is 22.6 Å². The van der Waals surface area contributed by atoms with Crippen molar-refractivity contribution >= 4 is 34.4 Å². The van der Waals surface area contributed by atoms with Crippen LogP contribution in [0.25, 0.3) is 0 Å². The molecule has 3 aliphatic rings. The van der Waals surface area contributed by atoms with Gasteiger partial charge < -0.3 is 0 Å². The highest BCUT2D eigenvalue weighted by Gasteiger charge is 2.66. The fraction of sp³-hybridized carbons (Fsp3) is 0.818. The van der Waals surface area contributed by atoms with Gasteiger partial charge in [0.25, 0.3) is 5.91 Å². The molecule has 5 nitrogen and oxygen atoms in total.